The van der Waals surface area contributed by atoms with Gasteiger partial charge in [0.15, 0.2) is 11.4 Å². The third-order valence-electron chi connectivity index (χ3n) is 2.27. The maximum Gasteiger partial charge on any atom is 0.358 e. The maximum absolute atomic E-state index is 11.6. The molecule has 0 aliphatic rings. The number of aromatic nitrogens is 1. The molecule has 0 radical (unpaired) electrons. The van der Waals surface area contributed by atoms with Crippen LogP contribution < -0.4 is 0 Å². The lowest BCUT2D eigenvalue weighted by atomic mass is 10.2. The molecule has 0 aliphatic heterocycles. The highest BCUT2D eigenvalue weighted by Gasteiger charge is 2.18. The number of H-pyrrole nitrogens is 1. The molecule has 4 nitrogen and oxygen atoms in total. The number of rotatable bonds is 3. The minimum absolute atomic E-state index is 0.0555. The van der Waals surface area contributed by atoms with Gasteiger partial charge >= 0.3 is 5.97 Å². The highest BCUT2D eigenvalue weighted by atomic mass is 79.9. The normalized spacial score (nSPS) is 10.4. The lowest BCUT2D eigenvalue weighted by Gasteiger charge is -1.99. The second-order valence-corrected chi connectivity index (χ2v) is 4.34. The van der Waals surface area contributed by atoms with Crippen molar-refractivity contribution in [3.05, 3.63) is 41.0 Å². The number of aromatic amines is 1. The van der Waals surface area contributed by atoms with E-state index < -0.39 is 5.97 Å². The van der Waals surface area contributed by atoms with Crippen LogP contribution in [0, 0.1) is 0 Å². The van der Waals surface area contributed by atoms with Gasteiger partial charge in [-0.15, -0.1) is 0 Å². The van der Waals surface area contributed by atoms with Crippen LogP contribution in [-0.4, -0.2) is 22.7 Å². The summed E-state index contributed by atoms with van der Waals surface area (Å²) in [5.74, 6) is -0.704. The summed E-state index contributed by atoms with van der Waals surface area (Å²) in [6.45, 7) is 3.56. The van der Waals surface area contributed by atoms with Crippen molar-refractivity contribution < 1.29 is 14.6 Å². The molecule has 0 unspecified atom stereocenters. The molecule has 17 heavy (non-hydrogen) atoms. The number of carbonyl (C=O) groups excluding carboxylic acids is 1. The monoisotopic (exact) mass is 295 g/mol. The Morgan fingerprint density at radius 3 is 3.06 bits per heavy atom. The number of esters is 1. The zero-order valence-electron chi connectivity index (χ0n) is 8.87. The molecule has 5 heteroatoms. The van der Waals surface area contributed by atoms with E-state index in [1.807, 2.05) is 6.07 Å². The average molecular weight is 296 g/mol. The molecule has 88 valence electrons. The largest absolute Gasteiger partial charge is 0.505 e. The number of ether oxygens (including phenoxy) is 1. The Hall–Kier alpha value is -1.75. The van der Waals surface area contributed by atoms with Crippen LogP contribution in [0.4, 0.5) is 0 Å². The number of hydrogen-bond acceptors (Lipinski definition) is 3. The quantitative estimate of drug-likeness (QED) is 0.676. The lowest BCUT2D eigenvalue weighted by Crippen LogP contribution is -2.05. The van der Waals surface area contributed by atoms with Crippen molar-refractivity contribution in [3.8, 4) is 5.75 Å². The minimum Gasteiger partial charge on any atom is -0.505 e. The van der Waals surface area contributed by atoms with E-state index in [0.717, 1.165) is 4.47 Å². The molecule has 1 aromatic carbocycles. The van der Waals surface area contributed by atoms with E-state index in [9.17, 15) is 9.90 Å². The fraction of sp³-hybridized carbons (Fsp3) is 0.0833. The maximum atomic E-state index is 11.6. The number of nitrogens with one attached hydrogen (secondary N) is 1. The van der Waals surface area contributed by atoms with Gasteiger partial charge in [-0.3, -0.25) is 0 Å². The van der Waals surface area contributed by atoms with Crippen molar-refractivity contribution in [2.45, 2.75) is 0 Å². The van der Waals surface area contributed by atoms with Gasteiger partial charge in [-0.1, -0.05) is 28.6 Å². The van der Waals surface area contributed by atoms with Crippen molar-refractivity contribution in [2.24, 2.45) is 0 Å². The number of carbonyl (C=O) groups is 1. The second-order valence-electron chi connectivity index (χ2n) is 3.43. The Labute approximate surface area is 106 Å². The van der Waals surface area contributed by atoms with Crippen molar-refractivity contribution in [1.82, 2.24) is 4.98 Å². The molecule has 2 aromatic rings. The summed E-state index contributed by atoms with van der Waals surface area (Å²) in [7, 11) is 0. The number of halogens is 1. The Kier molecular flexibility index (Phi) is 3.19. The molecular weight excluding hydrogens is 286 g/mol. The van der Waals surface area contributed by atoms with Crippen molar-refractivity contribution in [2.75, 3.05) is 6.61 Å². The van der Waals surface area contributed by atoms with Crippen LogP contribution in [0.3, 0.4) is 0 Å². The van der Waals surface area contributed by atoms with Crippen molar-refractivity contribution in [1.29, 1.82) is 0 Å². The molecule has 0 atom stereocenters. The third kappa shape index (κ3) is 2.19. The summed E-state index contributed by atoms with van der Waals surface area (Å²) in [4.78, 5) is 14.4. The van der Waals surface area contributed by atoms with Gasteiger partial charge in [-0.05, 0) is 18.2 Å². The lowest BCUT2D eigenvalue weighted by molar-refractivity contribution is 0.0541. The second kappa shape index (κ2) is 4.63. The predicted molar refractivity (Wildman–Crippen MR) is 68.1 cm³/mol. The molecule has 2 rings (SSSR count). The number of benzene rings is 1. The topological polar surface area (TPSA) is 62.3 Å². The summed E-state index contributed by atoms with van der Waals surface area (Å²) < 4.78 is 5.68. The Balaban J connectivity index is 2.45. The van der Waals surface area contributed by atoms with E-state index in [1.165, 1.54) is 6.08 Å². The molecule has 0 saturated carbocycles. The molecule has 0 bridgehead atoms. The summed E-state index contributed by atoms with van der Waals surface area (Å²) in [5, 5.41) is 10.5. The molecule has 0 saturated heterocycles. The fourth-order valence-corrected chi connectivity index (χ4v) is 1.87. The first-order valence-electron chi connectivity index (χ1n) is 4.91. The number of fused-ring (bicyclic) bond motifs is 1. The Morgan fingerprint density at radius 2 is 2.35 bits per heavy atom. The highest BCUT2D eigenvalue weighted by molar-refractivity contribution is 9.10. The highest BCUT2D eigenvalue weighted by Crippen LogP contribution is 2.31. The van der Waals surface area contributed by atoms with Crippen LogP contribution in [-0.2, 0) is 4.74 Å². The summed E-state index contributed by atoms with van der Waals surface area (Å²) in [5.41, 5.74) is 0.733. The van der Waals surface area contributed by atoms with Crippen LogP contribution in [0.15, 0.2) is 35.3 Å². The minimum atomic E-state index is -0.602. The van der Waals surface area contributed by atoms with Gasteiger partial charge in [0.25, 0.3) is 0 Å². The summed E-state index contributed by atoms with van der Waals surface area (Å²) >= 11 is 3.30. The average Bonchev–Trinajstić information content (AvgIpc) is 2.64. The van der Waals surface area contributed by atoms with Crippen LogP contribution in [0.5, 0.6) is 5.75 Å². The van der Waals surface area contributed by atoms with E-state index >= 15 is 0 Å². The summed E-state index contributed by atoms with van der Waals surface area (Å²) in [6, 6.07) is 5.31. The molecule has 1 heterocycles. The standard InChI is InChI=1S/C12H10BrNO3/c1-2-5-17-12(16)10-11(15)8-6-7(13)3-4-9(8)14-10/h2-4,6,14-15H,1,5H2. The first-order chi connectivity index (χ1) is 8.13. The molecule has 2 N–H and O–H groups in total. The van der Waals surface area contributed by atoms with E-state index in [-0.39, 0.29) is 18.1 Å². The van der Waals surface area contributed by atoms with Gasteiger partial charge in [0.05, 0.1) is 0 Å². The third-order valence-corrected chi connectivity index (χ3v) is 2.76. The van der Waals surface area contributed by atoms with Crippen molar-refractivity contribution in [3.63, 3.8) is 0 Å². The van der Waals surface area contributed by atoms with Crippen LogP contribution >= 0.6 is 15.9 Å². The molecule has 1 aromatic heterocycles. The summed E-state index contributed by atoms with van der Waals surface area (Å²) in [6.07, 6.45) is 1.47. The van der Waals surface area contributed by atoms with Gasteiger partial charge in [0.2, 0.25) is 0 Å². The fourth-order valence-electron chi connectivity index (χ4n) is 1.50. The first-order valence-corrected chi connectivity index (χ1v) is 5.71. The van der Waals surface area contributed by atoms with Gasteiger partial charge in [0, 0.05) is 15.4 Å². The van der Waals surface area contributed by atoms with E-state index in [1.54, 1.807) is 12.1 Å². The molecule has 0 amide bonds. The van der Waals surface area contributed by atoms with Crippen LogP contribution in [0.25, 0.3) is 10.9 Å². The first kappa shape index (κ1) is 11.7. The zero-order valence-corrected chi connectivity index (χ0v) is 10.5. The number of aromatic hydroxyl groups is 1. The zero-order chi connectivity index (χ0) is 12.4. The number of hydrogen-bond donors (Lipinski definition) is 2. The predicted octanol–water partition coefficient (Wildman–Crippen LogP) is 2.98. The van der Waals surface area contributed by atoms with Gasteiger partial charge in [-0.25, -0.2) is 4.79 Å². The molecule has 0 spiro atoms. The van der Waals surface area contributed by atoms with Gasteiger partial charge < -0.3 is 14.8 Å². The smallest absolute Gasteiger partial charge is 0.358 e. The van der Waals surface area contributed by atoms with E-state index in [4.69, 9.17) is 4.74 Å². The Morgan fingerprint density at radius 1 is 1.59 bits per heavy atom. The SMILES string of the molecule is C=CCOC(=O)c1[nH]c2ccc(Br)cc2c1O. The van der Waals surface area contributed by atoms with Crippen molar-refractivity contribution >= 4 is 32.8 Å². The molecule has 0 fully saturated rings. The molecule has 0 aliphatic carbocycles. The van der Waals surface area contributed by atoms with E-state index in [0.29, 0.717) is 10.9 Å². The van der Waals surface area contributed by atoms with Crippen LogP contribution in [0.1, 0.15) is 10.5 Å². The molecular formula is C12H10BrNO3. The van der Waals surface area contributed by atoms with Gasteiger partial charge in [-0.2, -0.15) is 0 Å². The van der Waals surface area contributed by atoms with Crippen LogP contribution in [0.2, 0.25) is 0 Å². The van der Waals surface area contributed by atoms with Gasteiger partial charge in [0.1, 0.15) is 6.61 Å². The van der Waals surface area contributed by atoms with E-state index in [2.05, 4.69) is 27.5 Å². The Bertz CT molecular complexity index is 589.